The van der Waals surface area contributed by atoms with Gasteiger partial charge in [-0.05, 0) is 42.3 Å². The van der Waals surface area contributed by atoms with E-state index in [1.165, 1.54) is 23.3 Å². The van der Waals surface area contributed by atoms with Crippen LogP contribution in [-0.4, -0.2) is 17.9 Å². The van der Waals surface area contributed by atoms with Gasteiger partial charge in [-0.1, -0.05) is 6.07 Å². The smallest absolute Gasteiger partial charge is 0.258 e. The summed E-state index contributed by atoms with van der Waals surface area (Å²) in [6, 6.07) is 4.55. The Morgan fingerprint density at radius 3 is 2.55 bits per heavy atom. The van der Waals surface area contributed by atoms with Crippen molar-refractivity contribution >= 4 is 17.5 Å². The second-order valence-corrected chi connectivity index (χ2v) is 4.72. The van der Waals surface area contributed by atoms with Crippen LogP contribution in [0.1, 0.15) is 28.9 Å². The highest BCUT2D eigenvalue weighted by atomic mass is 35.5. The Labute approximate surface area is 119 Å². The predicted octanol–water partition coefficient (Wildman–Crippen LogP) is 4.04. The van der Waals surface area contributed by atoms with E-state index in [-0.39, 0.29) is 16.7 Å². The van der Waals surface area contributed by atoms with Gasteiger partial charge in [-0.3, -0.25) is 4.79 Å². The number of amides is 1. The fourth-order valence-corrected chi connectivity index (χ4v) is 2.00. The summed E-state index contributed by atoms with van der Waals surface area (Å²) in [5, 5.41) is -0.000614. The van der Waals surface area contributed by atoms with Crippen LogP contribution in [0.5, 0.6) is 0 Å². The molecule has 6 heteroatoms. The largest absolute Gasteiger partial charge is 0.452 e. The first-order valence-corrected chi connectivity index (χ1v) is 6.24. The summed E-state index contributed by atoms with van der Waals surface area (Å²) in [6.07, 6.45) is 1.31. The third kappa shape index (κ3) is 2.67. The molecule has 0 fully saturated rings. The zero-order chi connectivity index (χ0) is 14.9. The molecular formula is C14H12ClF2NO2. The van der Waals surface area contributed by atoms with Gasteiger partial charge in [0.2, 0.25) is 5.22 Å². The molecule has 0 radical (unpaired) electrons. The number of rotatable bonds is 3. The molecule has 20 heavy (non-hydrogen) atoms. The average Bonchev–Trinajstić information content (AvgIpc) is 2.85. The zero-order valence-electron chi connectivity index (χ0n) is 10.9. The Morgan fingerprint density at radius 2 is 2.00 bits per heavy atom. The minimum absolute atomic E-state index is 0.000614. The second-order valence-electron chi connectivity index (χ2n) is 4.37. The van der Waals surface area contributed by atoms with E-state index < -0.39 is 17.7 Å². The number of carbonyl (C=O) groups is 1. The van der Waals surface area contributed by atoms with Crippen LogP contribution in [0.4, 0.5) is 8.78 Å². The lowest BCUT2D eigenvalue weighted by atomic mass is 10.1. The molecular weight excluding hydrogens is 288 g/mol. The maximum Gasteiger partial charge on any atom is 0.258 e. The number of benzene rings is 1. The summed E-state index contributed by atoms with van der Waals surface area (Å²) in [5.74, 6) is -2.23. The quantitative estimate of drug-likeness (QED) is 0.857. The van der Waals surface area contributed by atoms with E-state index in [2.05, 4.69) is 0 Å². The number of halogens is 3. The van der Waals surface area contributed by atoms with Crippen molar-refractivity contribution < 1.29 is 18.0 Å². The van der Waals surface area contributed by atoms with Crippen LogP contribution >= 0.6 is 11.6 Å². The number of carbonyl (C=O) groups excluding carboxylic acids is 1. The maximum absolute atomic E-state index is 13.2. The maximum atomic E-state index is 13.2. The fraction of sp³-hybridized carbons (Fsp3) is 0.214. The van der Waals surface area contributed by atoms with E-state index in [0.29, 0.717) is 5.56 Å². The van der Waals surface area contributed by atoms with Gasteiger partial charge in [0.25, 0.3) is 5.91 Å². The molecule has 0 saturated heterocycles. The van der Waals surface area contributed by atoms with E-state index >= 15 is 0 Å². The predicted molar refractivity (Wildman–Crippen MR) is 70.6 cm³/mol. The SMILES string of the molecule is CC(c1ccc(F)c(F)c1)N(C)C(=O)c1ccoc1Cl. The normalized spacial score (nSPS) is 12.2. The van der Waals surface area contributed by atoms with Crippen LogP contribution in [0.2, 0.25) is 5.22 Å². The van der Waals surface area contributed by atoms with Crippen LogP contribution in [0.3, 0.4) is 0 Å². The van der Waals surface area contributed by atoms with Crippen molar-refractivity contribution in [3.05, 3.63) is 58.5 Å². The van der Waals surface area contributed by atoms with Crippen molar-refractivity contribution in [2.45, 2.75) is 13.0 Å². The molecule has 0 N–H and O–H groups in total. The molecule has 0 aliphatic rings. The molecule has 2 rings (SSSR count). The van der Waals surface area contributed by atoms with E-state index in [4.69, 9.17) is 16.0 Å². The Hall–Kier alpha value is -1.88. The molecule has 0 saturated carbocycles. The molecule has 2 aromatic rings. The molecule has 1 unspecified atom stereocenters. The van der Waals surface area contributed by atoms with E-state index in [0.717, 1.165) is 12.1 Å². The lowest BCUT2D eigenvalue weighted by molar-refractivity contribution is 0.0742. The monoisotopic (exact) mass is 299 g/mol. The summed E-state index contributed by atoms with van der Waals surface area (Å²) in [7, 11) is 1.55. The molecule has 0 bridgehead atoms. The summed E-state index contributed by atoms with van der Waals surface area (Å²) < 4.78 is 31.0. The Bertz CT molecular complexity index is 642. The number of hydrogen-bond acceptors (Lipinski definition) is 2. The first-order valence-electron chi connectivity index (χ1n) is 5.87. The summed E-state index contributed by atoms with van der Waals surface area (Å²) >= 11 is 5.75. The minimum atomic E-state index is -0.948. The molecule has 1 aromatic heterocycles. The molecule has 1 heterocycles. The van der Waals surface area contributed by atoms with Crippen molar-refractivity contribution in [1.29, 1.82) is 0 Å². The van der Waals surface area contributed by atoms with Crippen molar-refractivity contribution in [2.24, 2.45) is 0 Å². The highest BCUT2D eigenvalue weighted by Crippen LogP contribution is 2.25. The molecule has 1 aromatic carbocycles. The first-order chi connectivity index (χ1) is 9.41. The lowest BCUT2D eigenvalue weighted by Crippen LogP contribution is -2.29. The van der Waals surface area contributed by atoms with Crippen LogP contribution in [0.25, 0.3) is 0 Å². The molecule has 0 spiro atoms. The first kappa shape index (κ1) is 14.5. The summed E-state index contributed by atoms with van der Waals surface area (Å²) in [6.45, 7) is 1.71. The average molecular weight is 300 g/mol. The molecule has 1 amide bonds. The van der Waals surface area contributed by atoms with Crippen molar-refractivity contribution in [1.82, 2.24) is 4.90 Å². The Kier molecular flexibility index (Phi) is 4.09. The lowest BCUT2D eigenvalue weighted by Gasteiger charge is -2.25. The van der Waals surface area contributed by atoms with Gasteiger partial charge >= 0.3 is 0 Å². The molecule has 1 atom stereocenters. The van der Waals surface area contributed by atoms with Crippen LogP contribution in [-0.2, 0) is 0 Å². The van der Waals surface area contributed by atoms with E-state index in [9.17, 15) is 13.6 Å². The minimum Gasteiger partial charge on any atom is -0.452 e. The van der Waals surface area contributed by atoms with Crippen LogP contribution in [0, 0.1) is 11.6 Å². The highest BCUT2D eigenvalue weighted by molar-refractivity contribution is 6.32. The number of hydrogen-bond donors (Lipinski definition) is 0. The summed E-state index contributed by atoms with van der Waals surface area (Å²) in [5.41, 5.74) is 0.711. The van der Waals surface area contributed by atoms with E-state index in [1.54, 1.807) is 14.0 Å². The topological polar surface area (TPSA) is 33.5 Å². The van der Waals surface area contributed by atoms with Crippen molar-refractivity contribution in [3.63, 3.8) is 0 Å². The second kappa shape index (κ2) is 5.63. The molecule has 0 aliphatic carbocycles. The zero-order valence-corrected chi connectivity index (χ0v) is 11.6. The number of nitrogens with zero attached hydrogens (tertiary/aromatic N) is 1. The van der Waals surface area contributed by atoms with Crippen molar-refractivity contribution in [2.75, 3.05) is 7.05 Å². The van der Waals surface area contributed by atoms with Gasteiger partial charge in [0.1, 0.15) is 0 Å². The summed E-state index contributed by atoms with van der Waals surface area (Å²) in [4.78, 5) is 13.6. The van der Waals surface area contributed by atoms with Gasteiger partial charge in [0.15, 0.2) is 11.6 Å². The van der Waals surface area contributed by atoms with Gasteiger partial charge in [-0.2, -0.15) is 0 Å². The van der Waals surface area contributed by atoms with Gasteiger partial charge in [0, 0.05) is 7.05 Å². The highest BCUT2D eigenvalue weighted by Gasteiger charge is 2.23. The standard InChI is InChI=1S/C14H12ClF2NO2/c1-8(9-3-4-11(16)12(17)7-9)18(2)14(19)10-5-6-20-13(10)15/h3-8H,1-2H3. The van der Waals surface area contributed by atoms with Gasteiger partial charge in [-0.15, -0.1) is 0 Å². The van der Waals surface area contributed by atoms with Gasteiger partial charge < -0.3 is 9.32 Å². The van der Waals surface area contributed by atoms with Gasteiger partial charge in [-0.25, -0.2) is 8.78 Å². The van der Waals surface area contributed by atoms with Gasteiger partial charge in [0.05, 0.1) is 17.9 Å². The Morgan fingerprint density at radius 1 is 1.30 bits per heavy atom. The fourth-order valence-electron chi connectivity index (χ4n) is 1.81. The van der Waals surface area contributed by atoms with E-state index in [1.807, 2.05) is 0 Å². The number of furan rings is 1. The molecule has 0 aliphatic heterocycles. The third-order valence-electron chi connectivity index (χ3n) is 3.18. The van der Waals surface area contributed by atoms with Crippen molar-refractivity contribution in [3.8, 4) is 0 Å². The van der Waals surface area contributed by atoms with Crippen LogP contribution < -0.4 is 0 Å². The molecule has 106 valence electrons. The third-order valence-corrected chi connectivity index (χ3v) is 3.47. The molecule has 3 nitrogen and oxygen atoms in total. The van der Waals surface area contributed by atoms with Crippen LogP contribution in [0.15, 0.2) is 34.9 Å². The Balaban J connectivity index is 2.24.